The van der Waals surface area contributed by atoms with Crippen LogP contribution in [0.15, 0.2) is 103 Å². The Morgan fingerprint density at radius 1 is 0.904 bits per heavy atom. The van der Waals surface area contributed by atoms with Crippen LogP contribution in [-0.2, 0) is 32.2 Å². The maximum Gasteiger partial charge on any atom is 0.471 e. The summed E-state index contributed by atoms with van der Waals surface area (Å²) in [7, 11) is 2.10. The summed E-state index contributed by atoms with van der Waals surface area (Å²) in [5.41, 5.74) is 6.42. The molecule has 4 aromatic rings. The van der Waals surface area contributed by atoms with Gasteiger partial charge in [-0.05, 0) is 72.3 Å². The molecule has 2 amide bonds. The summed E-state index contributed by atoms with van der Waals surface area (Å²) in [4.78, 5) is 27.6. The van der Waals surface area contributed by atoms with Crippen molar-refractivity contribution in [3.05, 3.63) is 131 Å². The number of hydrogen-bond donors (Lipinski definition) is 2. The van der Waals surface area contributed by atoms with Gasteiger partial charge in [0.25, 0.3) is 0 Å². The van der Waals surface area contributed by atoms with Gasteiger partial charge in [0.05, 0.1) is 18.8 Å². The number of aliphatic hydroxyl groups excluding tert-OH is 1. The van der Waals surface area contributed by atoms with Crippen LogP contribution in [0.2, 0.25) is 0 Å². The van der Waals surface area contributed by atoms with E-state index in [1.54, 1.807) is 0 Å². The van der Waals surface area contributed by atoms with E-state index in [0.717, 1.165) is 33.4 Å². The Morgan fingerprint density at radius 3 is 2.33 bits per heavy atom. The lowest BCUT2D eigenvalue weighted by Gasteiger charge is -2.39. The first-order valence-corrected chi connectivity index (χ1v) is 17.6. The molecule has 0 aromatic heterocycles. The second-order valence-electron chi connectivity index (χ2n) is 13.6. The van der Waals surface area contributed by atoms with Crippen LogP contribution in [0, 0.1) is 0 Å². The number of likely N-dealkylation sites (tertiary alicyclic amines) is 1. The molecule has 2 heterocycles. The molecule has 0 radical (unpaired) electrons. The number of aliphatic hydroxyl groups is 1. The van der Waals surface area contributed by atoms with E-state index in [9.17, 15) is 27.9 Å². The number of nitrogens with zero attached hydrogens (tertiary/aromatic N) is 2. The molecule has 2 saturated heterocycles. The Balaban J connectivity index is 1.17. The van der Waals surface area contributed by atoms with Gasteiger partial charge in [-0.25, -0.2) is 0 Å². The van der Waals surface area contributed by atoms with Crippen molar-refractivity contribution in [3.63, 3.8) is 0 Å². The van der Waals surface area contributed by atoms with E-state index < -0.39 is 30.3 Å². The third-order valence-corrected chi connectivity index (χ3v) is 9.99. The third kappa shape index (κ3) is 8.90. The molecule has 8 nitrogen and oxygen atoms in total. The van der Waals surface area contributed by atoms with Gasteiger partial charge < -0.3 is 24.8 Å². The fourth-order valence-corrected chi connectivity index (χ4v) is 6.98. The molecule has 2 aliphatic rings. The first-order chi connectivity index (χ1) is 25.0. The highest BCUT2D eigenvalue weighted by Gasteiger charge is 2.47. The number of rotatable bonds is 11. The second kappa shape index (κ2) is 16.4. The van der Waals surface area contributed by atoms with Gasteiger partial charge in [0.2, 0.25) is 5.91 Å². The van der Waals surface area contributed by atoms with Crippen LogP contribution in [0.1, 0.15) is 72.4 Å². The summed E-state index contributed by atoms with van der Waals surface area (Å²) in [6.45, 7) is 2.82. The van der Waals surface area contributed by atoms with Gasteiger partial charge in [0.1, 0.15) is 6.04 Å². The summed E-state index contributed by atoms with van der Waals surface area (Å²) in [5, 5.41) is 12.3. The van der Waals surface area contributed by atoms with Crippen LogP contribution < -0.4 is 5.32 Å². The van der Waals surface area contributed by atoms with Crippen molar-refractivity contribution >= 4 is 11.8 Å². The van der Waals surface area contributed by atoms with Gasteiger partial charge in [-0.15, -0.1) is 0 Å². The van der Waals surface area contributed by atoms with Crippen LogP contribution in [0.4, 0.5) is 13.2 Å². The molecule has 0 saturated carbocycles. The summed E-state index contributed by atoms with van der Waals surface area (Å²) < 4.78 is 52.5. The molecule has 2 aliphatic heterocycles. The zero-order chi connectivity index (χ0) is 36.8. The minimum Gasteiger partial charge on any atom is -0.392 e. The van der Waals surface area contributed by atoms with Crippen LogP contribution in [-0.4, -0.2) is 65.2 Å². The van der Waals surface area contributed by atoms with Gasteiger partial charge in [-0.2, -0.15) is 13.2 Å². The number of hydrogen-bond acceptors (Lipinski definition) is 6. The molecule has 2 N–H and O–H groups in total. The monoisotopic (exact) mass is 715 g/mol. The molecule has 0 spiro atoms. The van der Waals surface area contributed by atoms with E-state index in [1.807, 2.05) is 91.0 Å². The molecule has 5 unspecified atom stereocenters. The molecule has 6 rings (SSSR count). The lowest BCUT2D eigenvalue weighted by molar-refractivity contribution is -0.253. The maximum absolute atomic E-state index is 13.1. The van der Waals surface area contributed by atoms with Crippen LogP contribution in [0.3, 0.4) is 0 Å². The van der Waals surface area contributed by atoms with E-state index in [-0.39, 0.29) is 44.4 Å². The van der Waals surface area contributed by atoms with Crippen molar-refractivity contribution < 1.29 is 37.3 Å². The Labute approximate surface area is 302 Å². The van der Waals surface area contributed by atoms with Crippen molar-refractivity contribution in [1.82, 2.24) is 15.1 Å². The van der Waals surface area contributed by atoms with Crippen molar-refractivity contribution in [3.8, 4) is 11.1 Å². The molecule has 52 heavy (non-hydrogen) atoms. The van der Waals surface area contributed by atoms with Gasteiger partial charge in [-0.3, -0.25) is 14.5 Å². The number of carbonyl (C=O) groups is 2. The number of ether oxygens (including phenoxy) is 2. The minimum absolute atomic E-state index is 0.0369. The van der Waals surface area contributed by atoms with E-state index in [2.05, 4.69) is 36.3 Å². The Kier molecular flexibility index (Phi) is 11.7. The highest BCUT2D eigenvalue weighted by molar-refractivity contribution is 5.90. The van der Waals surface area contributed by atoms with Crippen molar-refractivity contribution in [2.75, 3.05) is 20.1 Å². The van der Waals surface area contributed by atoms with E-state index >= 15 is 0 Å². The second-order valence-corrected chi connectivity index (χ2v) is 13.6. The van der Waals surface area contributed by atoms with E-state index in [4.69, 9.17) is 9.47 Å². The number of benzene rings is 4. The number of halogens is 3. The van der Waals surface area contributed by atoms with E-state index in [1.165, 1.54) is 5.56 Å². The third-order valence-electron chi connectivity index (χ3n) is 9.99. The molecule has 0 bridgehead atoms. The molecule has 11 heteroatoms. The Morgan fingerprint density at radius 2 is 1.62 bits per heavy atom. The number of amides is 2. The molecule has 5 atom stereocenters. The fraction of sp³-hybridized carbons (Fsp3) is 0.366. The van der Waals surface area contributed by atoms with Crippen LogP contribution in [0.5, 0.6) is 0 Å². The van der Waals surface area contributed by atoms with E-state index in [0.29, 0.717) is 24.3 Å². The lowest BCUT2D eigenvalue weighted by atomic mass is 9.98. The van der Waals surface area contributed by atoms with Crippen LogP contribution in [0.25, 0.3) is 11.1 Å². The molecule has 4 aromatic carbocycles. The SMILES string of the molecule is CC(c1ccccc1)N(C)CC1CC(c2ccc(CO)cc2)OC(c2cccc(-c3cccc(CNC(=O)C4CCCN4C(=O)C(F)(F)F)c3)c2)O1. The zero-order valence-electron chi connectivity index (χ0n) is 29.3. The van der Waals surface area contributed by atoms with Crippen molar-refractivity contribution in [2.24, 2.45) is 0 Å². The molecular weight excluding hydrogens is 671 g/mol. The van der Waals surface area contributed by atoms with Crippen molar-refractivity contribution in [1.29, 1.82) is 0 Å². The van der Waals surface area contributed by atoms with Crippen molar-refractivity contribution in [2.45, 2.75) is 76.1 Å². The average Bonchev–Trinajstić information content (AvgIpc) is 3.66. The largest absolute Gasteiger partial charge is 0.471 e. The smallest absolute Gasteiger partial charge is 0.392 e. The number of likely N-dealkylation sites (N-methyl/N-ethyl adjacent to an activating group) is 1. The molecule has 2 fully saturated rings. The summed E-state index contributed by atoms with van der Waals surface area (Å²) in [6.07, 6.45) is -4.89. The summed E-state index contributed by atoms with van der Waals surface area (Å²) >= 11 is 0. The van der Waals surface area contributed by atoms with Gasteiger partial charge in [-0.1, -0.05) is 91.0 Å². The predicted octanol–water partition coefficient (Wildman–Crippen LogP) is 7.25. The minimum atomic E-state index is -5.02. The number of carbonyl (C=O) groups excluding carboxylic acids is 2. The maximum atomic E-state index is 13.1. The van der Waals surface area contributed by atoms with Gasteiger partial charge in [0, 0.05) is 37.7 Å². The topological polar surface area (TPSA) is 91.3 Å². The molecule has 0 aliphatic carbocycles. The molecular formula is C41H44F3N3O5. The lowest BCUT2D eigenvalue weighted by Crippen LogP contribution is -2.50. The fourth-order valence-electron chi connectivity index (χ4n) is 6.98. The quantitative estimate of drug-likeness (QED) is 0.170. The highest BCUT2D eigenvalue weighted by atomic mass is 19.4. The average molecular weight is 716 g/mol. The zero-order valence-corrected chi connectivity index (χ0v) is 29.3. The predicted molar refractivity (Wildman–Crippen MR) is 190 cm³/mol. The Hall–Kier alpha value is -4.55. The molecule has 274 valence electrons. The standard InChI is InChI=1S/C41H44F3N3O5/c1-27(30-10-4-3-5-11-30)46(2)25-35-23-37(31-18-16-28(26-48)17-19-31)52-39(51-35)34-14-7-13-33(22-34)32-12-6-9-29(21-32)24-45-38(49)36-15-8-20-47(36)40(50)41(42,43)44/h3-7,9-14,16-19,21-22,27,35-37,39,48H,8,15,20,23-26H2,1-2H3,(H,45,49). The first kappa shape index (κ1) is 37.2. The number of alkyl halides is 3. The Bertz CT molecular complexity index is 1820. The van der Waals surface area contributed by atoms with Gasteiger partial charge >= 0.3 is 12.1 Å². The van der Waals surface area contributed by atoms with Gasteiger partial charge in [0.15, 0.2) is 6.29 Å². The normalized spacial score (nSPS) is 21.2. The summed E-state index contributed by atoms with van der Waals surface area (Å²) in [6, 6.07) is 32.6. The summed E-state index contributed by atoms with van der Waals surface area (Å²) in [5.74, 6) is -2.59. The number of nitrogens with one attached hydrogen (secondary N) is 1. The van der Waals surface area contributed by atoms with Crippen LogP contribution >= 0.6 is 0 Å². The first-order valence-electron chi connectivity index (χ1n) is 17.6. The highest BCUT2D eigenvalue weighted by Crippen LogP contribution is 2.39.